The SMILES string of the molecule is CCC(C)c1ccc(C(=O)CCCCC2CCCC2=O)cc1CC(=O)C1=CC=CC1. The Morgan fingerprint density at radius 3 is 2.67 bits per heavy atom. The number of benzene rings is 1. The molecule has 0 bridgehead atoms. The van der Waals surface area contributed by atoms with Crippen LogP contribution in [0.2, 0.25) is 0 Å². The Balaban J connectivity index is 1.62. The topological polar surface area (TPSA) is 51.2 Å². The molecule has 3 nitrogen and oxygen atoms in total. The average molecular weight is 407 g/mol. The summed E-state index contributed by atoms with van der Waals surface area (Å²) in [6.07, 6.45) is 13.9. The molecular weight excluding hydrogens is 372 g/mol. The van der Waals surface area contributed by atoms with E-state index < -0.39 is 0 Å². The lowest BCUT2D eigenvalue weighted by Crippen LogP contribution is -2.11. The Hall–Kier alpha value is -2.29. The van der Waals surface area contributed by atoms with Crippen LogP contribution < -0.4 is 0 Å². The number of unbranched alkanes of at least 4 members (excludes halogenated alkanes) is 1. The standard InChI is InChI=1S/C27H34O3/c1-3-19(2)24-16-15-22(17-23(24)18-27(30)21-10-4-5-11-21)26(29)13-7-6-9-20-12-8-14-25(20)28/h4-5,10,15-17,19-20H,3,6-9,11-14,18H2,1-2H3. The van der Waals surface area contributed by atoms with Gasteiger partial charge in [0, 0.05) is 30.7 Å². The molecule has 0 amide bonds. The number of allylic oxidation sites excluding steroid dienone is 4. The summed E-state index contributed by atoms with van der Waals surface area (Å²) in [4.78, 5) is 37.2. The molecule has 0 spiro atoms. The van der Waals surface area contributed by atoms with Gasteiger partial charge in [0.2, 0.25) is 0 Å². The zero-order chi connectivity index (χ0) is 21.5. The summed E-state index contributed by atoms with van der Waals surface area (Å²) in [7, 11) is 0. The Morgan fingerprint density at radius 1 is 1.17 bits per heavy atom. The van der Waals surface area contributed by atoms with Crippen LogP contribution in [0.25, 0.3) is 0 Å². The normalized spacial score (nSPS) is 19.2. The lowest BCUT2D eigenvalue weighted by atomic mass is 9.88. The van der Waals surface area contributed by atoms with E-state index in [0.29, 0.717) is 36.5 Å². The highest BCUT2D eigenvalue weighted by Gasteiger charge is 2.23. The van der Waals surface area contributed by atoms with Crippen LogP contribution >= 0.6 is 0 Å². The molecule has 0 saturated heterocycles. The molecule has 30 heavy (non-hydrogen) atoms. The maximum Gasteiger partial charge on any atom is 0.163 e. The maximum absolute atomic E-state index is 12.8. The van der Waals surface area contributed by atoms with Crippen molar-refractivity contribution in [2.24, 2.45) is 5.92 Å². The molecule has 2 aliphatic carbocycles. The van der Waals surface area contributed by atoms with Crippen molar-refractivity contribution in [2.45, 2.75) is 84.0 Å². The van der Waals surface area contributed by atoms with Crippen LogP contribution in [0.1, 0.15) is 99.0 Å². The van der Waals surface area contributed by atoms with Gasteiger partial charge in [0.25, 0.3) is 0 Å². The number of ketones is 3. The second-order valence-corrected chi connectivity index (χ2v) is 8.87. The predicted octanol–water partition coefficient (Wildman–Crippen LogP) is 6.31. The number of hydrogen-bond acceptors (Lipinski definition) is 3. The molecule has 160 valence electrons. The highest BCUT2D eigenvalue weighted by atomic mass is 16.1. The second-order valence-electron chi connectivity index (χ2n) is 8.87. The fourth-order valence-corrected chi connectivity index (χ4v) is 4.59. The maximum atomic E-state index is 12.8. The van der Waals surface area contributed by atoms with Gasteiger partial charge in [-0.3, -0.25) is 14.4 Å². The van der Waals surface area contributed by atoms with E-state index >= 15 is 0 Å². The Kier molecular flexibility index (Phi) is 7.95. The molecule has 1 fully saturated rings. The number of carbonyl (C=O) groups is 3. The molecule has 2 atom stereocenters. The van der Waals surface area contributed by atoms with Crippen molar-refractivity contribution in [1.29, 1.82) is 0 Å². The molecular formula is C27H34O3. The van der Waals surface area contributed by atoms with Crippen LogP contribution in [0, 0.1) is 5.92 Å². The summed E-state index contributed by atoms with van der Waals surface area (Å²) in [5.74, 6) is 1.28. The van der Waals surface area contributed by atoms with Crippen LogP contribution in [0.15, 0.2) is 42.0 Å². The minimum absolute atomic E-state index is 0.138. The fraction of sp³-hybridized carbons (Fsp3) is 0.519. The van der Waals surface area contributed by atoms with Crippen LogP contribution in [-0.4, -0.2) is 17.3 Å². The van der Waals surface area contributed by atoms with Gasteiger partial charge >= 0.3 is 0 Å². The molecule has 0 heterocycles. The summed E-state index contributed by atoms with van der Waals surface area (Å²) in [6.45, 7) is 4.32. The molecule has 3 rings (SSSR count). The average Bonchev–Trinajstić information content (AvgIpc) is 3.42. The van der Waals surface area contributed by atoms with Crippen molar-refractivity contribution in [3.8, 4) is 0 Å². The summed E-state index contributed by atoms with van der Waals surface area (Å²) in [5, 5.41) is 0. The van der Waals surface area contributed by atoms with Gasteiger partial charge in [-0.15, -0.1) is 0 Å². The zero-order valence-corrected chi connectivity index (χ0v) is 18.4. The molecule has 1 saturated carbocycles. The molecule has 3 heteroatoms. The number of hydrogen-bond donors (Lipinski definition) is 0. The first-order valence-electron chi connectivity index (χ1n) is 11.6. The van der Waals surface area contributed by atoms with Gasteiger partial charge < -0.3 is 0 Å². The minimum Gasteiger partial charge on any atom is -0.299 e. The van der Waals surface area contributed by atoms with Gasteiger partial charge in [-0.05, 0) is 67.2 Å². The quantitative estimate of drug-likeness (QED) is 0.319. The molecule has 0 N–H and O–H groups in total. The van der Waals surface area contributed by atoms with E-state index in [2.05, 4.69) is 13.8 Å². The van der Waals surface area contributed by atoms with Crippen LogP contribution in [0.4, 0.5) is 0 Å². The van der Waals surface area contributed by atoms with Gasteiger partial charge in [-0.1, -0.05) is 50.6 Å². The first-order chi connectivity index (χ1) is 14.5. The van der Waals surface area contributed by atoms with E-state index in [9.17, 15) is 14.4 Å². The summed E-state index contributed by atoms with van der Waals surface area (Å²) >= 11 is 0. The van der Waals surface area contributed by atoms with Crippen molar-refractivity contribution in [2.75, 3.05) is 0 Å². The van der Waals surface area contributed by atoms with Crippen molar-refractivity contribution in [3.05, 3.63) is 58.7 Å². The van der Waals surface area contributed by atoms with Gasteiger partial charge in [0.05, 0.1) is 0 Å². The van der Waals surface area contributed by atoms with Crippen molar-refractivity contribution >= 4 is 17.3 Å². The van der Waals surface area contributed by atoms with Crippen LogP contribution in [0.5, 0.6) is 0 Å². The lowest BCUT2D eigenvalue weighted by molar-refractivity contribution is -0.120. The van der Waals surface area contributed by atoms with Gasteiger partial charge in [0.1, 0.15) is 5.78 Å². The molecule has 1 aromatic rings. The Labute approximate surface area is 180 Å². The molecule has 0 radical (unpaired) electrons. The van der Waals surface area contributed by atoms with E-state index in [-0.39, 0.29) is 17.5 Å². The van der Waals surface area contributed by atoms with E-state index in [4.69, 9.17) is 0 Å². The summed E-state index contributed by atoms with van der Waals surface area (Å²) in [5.41, 5.74) is 3.72. The Bertz CT molecular complexity index is 859. The molecule has 2 aliphatic rings. The highest BCUT2D eigenvalue weighted by molar-refractivity contribution is 5.99. The van der Waals surface area contributed by atoms with Crippen molar-refractivity contribution in [1.82, 2.24) is 0 Å². The first kappa shape index (κ1) is 22.4. The third-order valence-corrected chi connectivity index (χ3v) is 6.73. The van der Waals surface area contributed by atoms with E-state index in [1.807, 2.05) is 36.4 Å². The van der Waals surface area contributed by atoms with Gasteiger partial charge in [-0.25, -0.2) is 0 Å². The second kappa shape index (κ2) is 10.7. The molecule has 0 aromatic heterocycles. The van der Waals surface area contributed by atoms with E-state index in [1.54, 1.807) is 0 Å². The Morgan fingerprint density at radius 2 is 2.00 bits per heavy atom. The van der Waals surface area contributed by atoms with E-state index in [1.165, 1.54) is 5.56 Å². The fourth-order valence-electron chi connectivity index (χ4n) is 4.59. The van der Waals surface area contributed by atoms with E-state index in [0.717, 1.165) is 56.1 Å². The smallest absolute Gasteiger partial charge is 0.163 e. The lowest BCUT2D eigenvalue weighted by Gasteiger charge is -2.16. The molecule has 2 unspecified atom stereocenters. The van der Waals surface area contributed by atoms with Crippen molar-refractivity contribution < 1.29 is 14.4 Å². The van der Waals surface area contributed by atoms with Gasteiger partial charge in [-0.2, -0.15) is 0 Å². The third-order valence-electron chi connectivity index (χ3n) is 6.73. The number of Topliss-reactive ketones (excluding diaryl/α,β-unsaturated/α-hetero) is 3. The van der Waals surface area contributed by atoms with Crippen LogP contribution in [0.3, 0.4) is 0 Å². The van der Waals surface area contributed by atoms with Crippen LogP contribution in [-0.2, 0) is 16.0 Å². The summed E-state index contributed by atoms with van der Waals surface area (Å²) in [6, 6.07) is 5.92. The van der Waals surface area contributed by atoms with Crippen molar-refractivity contribution in [3.63, 3.8) is 0 Å². The largest absolute Gasteiger partial charge is 0.299 e. The number of carbonyl (C=O) groups excluding carboxylic acids is 3. The molecule has 1 aromatic carbocycles. The predicted molar refractivity (Wildman–Crippen MR) is 121 cm³/mol. The molecule has 0 aliphatic heterocycles. The zero-order valence-electron chi connectivity index (χ0n) is 18.4. The highest BCUT2D eigenvalue weighted by Crippen LogP contribution is 2.28. The third kappa shape index (κ3) is 5.65. The first-order valence-corrected chi connectivity index (χ1v) is 11.6. The summed E-state index contributed by atoms with van der Waals surface area (Å²) < 4.78 is 0. The monoisotopic (exact) mass is 406 g/mol. The minimum atomic E-state index is 0.138. The number of rotatable bonds is 11. The van der Waals surface area contributed by atoms with Gasteiger partial charge in [0.15, 0.2) is 11.6 Å².